The molecule has 14 heavy (non-hydrogen) atoms. The second-order valence-corrected chi connectivity index (χ2v) is 4.65. The topological polar surface area (TPSA) is 28.2 Å². The maximum atomic E-state index is 4.31. The zero-order chi connectivity index (χ0) is 9.80. The van der Waals surface area contributed by atoms with Crippen LogP contribution < -0.4 is 5.32 Å². The first kappa shape index (κ1) is 10.1. The zero-order valence-corrected chi connectivity index (χ0v) is 9.39. The monoisotopic (exact) mass is 211 g/mol. The van der Waals surface area contributed by atoms with Crippen molar-refractivity contribution < 1.29 is 0 Å². The van der Waals surface area contributed by atoms with Gasteiger partial charge in [0.25, 0.3) is 0 Å². The van der Waals surface area contributed by atoms with Gasteiger partial charge in [0, 0.05) is 18.5 Å². The van der Waals surface area contributed by atoms with Gasteiger partial charge >= 0.3 is 0 Å². The van der Waals surface area contributed by atoms with Crippen molar-refractivity contribution in [3.05, 3.63) is 16.6 Å². The van der Waals surface area contributed by atoms with Crippen molar-refractivity contribution in [3.8, 4) is 0 Å². The van der Waals surface area contributed by atoms with Crippen molar-refractivity contribution in [2.45, 2.75) is 13.0 Å². The Bertz CT molecular complexity index is 260. The SMILES string of the molecule is CNCC1CCN(Cc2cscn2)C1. The summed E-state index contributed by atoms with van der Waals surface area (Å²) in [6, 6.07) is 0. The molecular weight excluding hydrogens is 194 g/mol. The lowest BCUT2D eigenvalue weighted by atomic mass is 10.1. The molecule has 0 radical (unpaired) electrons. The standard InChI is InChI=1S/C10H17N3S/c1-11-4-9-2-3-13(5-9)6-10-7-14-8-12-10/h7-9,11H,2-6H2,1H3. The van der Waals surface area contributed by atoms with Crippen LogP contribution in [0.15, 0.2) is 10.9 Å². The van der Waals surface area contributed by atoms with Gasteiger partial charge in [-0.2, -0.15) is 0 Å². The van der Waals surface area contributed by atoms with Crippen molar-refractivity contribution in [2.75, 3.05) is 26.7 Å². The lowest BCUT2D eigenvalue weighted by Gasteiger charge is -2.14. The third-order valence-corrected chi connectivity index (χ3v) is 3.37. The summed E-state index contributed by atoms with van der Waals surface area (Å²) in [6.45, 7) is 4.62. The fraction of sp³-hybridized carbons (Fsp3) is 0.700. The number of nitrogens with zero attached hydrogens (tertiary/aromatic N) is 2. The molecule has 2 rings (SSSR count). The summed E-state index contributed by atoms with van der Waals surface area (Å²) in [4.78, 5) is 6.81. The lowest BCUT2D eigenvalue weighted by Crippen LogP contribution is -2.24. The van der Waals surface area contributed by atoms with Crippen molar-refractivity contribution in [1.29, 1.82) is 0 Å². The highest BCUT2D eigenvalue weighted by atomic mass is 32.1. The van der Waals surface area contributed by atoms with Gasteiger partial charge < -0.3 is 5.32 Å². The van der Waals surface area contributed by atoms with Gasteiger partial charge in [-0.3, -0.25) is 4.90 Å². The fourth-order valence-corrected chi connectivity index (χ4v) is 2.61. The third kappa shape index (κ3) is 2.53. The molecule has 0 aliphatic carbocycles. The number of thiazole rings is 1. The average Bonchev–Trinajstić information content (AvgIpc) is 2.79. The van der Waals surface area contributed by atoms with Crippen LogP contribution in [-0.2, 0) is 6.54 Å². The van der Waals surface area contributed by atoms with Crippen LogP contribution in [0.4, 0.5) is 0 Å². The Kier molecular flexibility index (Phi) is 3.50. The molecule has 0 amide bonds. The summed E-state index contributed by atoms with van der Waals surface area (Å²) in [5, 5.41) is 5.39. The predicted octanol–water partition coefficient (Wildman–Crippen LogP) is 1.18. The van der Waals surface area contributed by atoms with E-state index in [1.165, 1.54) is 25.2 Å². The second-order valence-electron chi connectivity index (χ2n) is 3.93. The van der Waals surface area contributed by atoms with E-state index in [2.05, 4.69) is 20.6 Å². The molecule has 78 valence electrons. The molecule has 1 unspecified atom stereocenters. The molecule has 1 saturated heterocycles. The Morgan fingerprint density at radius 3 is 3.36 bits per heavy atom. The molecule has 1 aliphatic heterocycles. The second kappa shape index (κ2) is 4.87. The average molecular weight is 211 g/mol. The number of aromatic nitrogens is 1. The molecule has 3 nitrogen and oxygen atoms in total. The predicted molar refractivity (Wildman–Crippen MR) is 59.4 cm³/mol. The van der Waals surface area contributed by atoms with E-state index < -0.39 is 0 Å². The van der Waals surface area contributed by atoms with Crippen molar-refractivity contribution in [3.63, 3.8) is 0 Å². The summed E-state index contributed by atoms with van der Waals surface area (Å²) >= 11 is 1.68. The summed E-state index contributed by atoms with van der Waals surface area (Å²) in [5.41, 5.74) is 3.14. The van der Waals surface area contributed by atoms with Crippen LogP contribution in [0, 0.1) is 5.92 Å². The van der Waals surface area contributed by atoms with Gasteiger partial charge in [0.2, 0.25) is 0 Å². The van der Waals surface area contributed by atoms with Gasteiger partial charge in [0.05, 0.1) is 11.2 Å². The Labute approximate surface area is 89.1 Å². The minimum Gasteiger partial charge on any atom is -0.319 e. The van der Waals surface area contributed by atoms with Crippen LogP contribution in [0.1, 0.15) is 12.1 Å². The van der Waals surface area contributed by atoms with E-state index in [4.69, 9.17) is 0 Å². The van der Waals surface area contributed by atoms with Gasteiger partial charge in [0.1, 0.15) is 0 Å². The van der Waals surface area contributed by atoms with E-state index in [9.17, 15) is 0 Å². The van der Waals surface area contributed by atoms with E-state index >= 15 is 0 Å². The highest BCUT2D eigenvalue weighted by Crippen LogP contribution is 2.17. The van der Waals surface area contributed by atoms with E-state index in [-0.39, 0.29) is 0 Å². The van der Waals surface area contributed by atoms with E-state index in [0.717, 1.165) is 19.0 Å². The van der Waals surface area contributed by atoms with E-state index in [1.807, 2.05) is 12.6 Å². The fourth-order valence-electron chi connectivity index (χ4n) is 2.06. The Balaban J connectivity index is 1.79. The first-order chi connectivity index (χ1) is 6.88. The normalized spacial score (nSPS) is 23.1. The molecule has 1 fully saturated rings. The van der Waals surface area contributed by atoms with E-state index in [0.29, 0.717) is 0 Å². The van der Waals surface area contributed by atoms with Crippen LogP contribution in [0.2, 0.25) is 0 Å². The number of likely N-dealkylation sites (tertiary alicyclic amines) is 1. The van der Waals surface area contributed by atoms with Crippen LogP contribution in [-0.4, -0.2) is 36.6 Å². The summed E-state index contributed by atoms with van der Waals surface area (Å²) in [6.07, 6.45) is 1.32. The van der Waals surface area contributed by atoms with Crippen LogP contribution in [0.5, 0.6) is 0 Å². The smallest absolute Gasteiger partial charge is 0.0795 e. The minimum atomic E-state index is 0.832. The van der Waals surface area contributed by atoms with Crippen LogP contribution >= 0.6 is 11.3 Å². The molecule has 1 N–H and O–H groups in total. The minimum absolute atomic E-state index is 0.832. The highest BCUT2D eigenvalue weighted by molar-refractivity contribution is 7.07. The molecule has 0 spiro atoms. The Morgan fingerprint density at radius 1 is 1.71 bits per heavy atom. The maximum Gasteiger partial charge on any atom is 0.0795 e. The molecule has 1 aliphatic rings. The largest absolute Gasteiger partial charge is 0.319 e. The van der Waals surface area contributed by atoms with Gasteiger partial charge in [-0.15, -0.1) is 11.3 Å². The first-order valence-electron chi connectivity index (χ1n) is 5.12. The maximum absolute atomic E-state index is 4.31. The van der Waals surface area contributed by atoms with Crippen molar-refractivity contribution in [1.82, 2.24) is 15.2 Å². The van der Waals surface area contributed by atoms with E-state index in [1.54, 1.807) is 11.3 Å². The Hall–Kier alpha value is -0.450. The summed E-state index contributed by atoms with van der Waals surface area (Å²) < 4.78 is 0. The zero-order valence-electron chi connectivity index (χ0n) is 8.57. The Morgan fingerprint density at radius 2 is 2.64 bits per heavy atom. The number of rotatable bonds is 4. The quantitative estimate of drug-likeness (QED) is 0.810. The number of nitrogens with one attached hydrogen (secondary N) is 1. The lowest BCUT2D eigenvalue weighted by molar-refractivity contribution is 0.312. The molecule has 1 atom stereocenters. The van der Waals surface area contributed by atoms with Crippen molar-refractivity contribution >= 4 is 11.3 Å². The number of hydrogen-bond acceptors (Lipinski definition) is 4. The van der Waals surface area contributed by atoms with Crippen molar-refractivity contribution in [2.24, 2.45) is 5.92 Å². The summed E-state index contributed by atoms with van der Waals surface area (Å²) in [5.74, 6) is 0.832. The molecule has 2 heterocycles. The molecule has 1 aromatic heterocycles. The molecule has 0 saturated carbocycles. The van der Waals surface area contributed by atoms with Gasteiger partial charge in [-0.25, -0.2) is 4.98 Å². The molecule has 0 aromatic carbocycles. The third-order valence-electron chi connectivity index (χ3n) is 2.73. The van der Waals surface area contributed by atoms with Gasteiger partial charge in [-0.05, 0) is 32.5 Å². The van der Waals surface area contributed by atoms with Gasteiger partial charge in [0.15, 0.2) is 0 Å². The van der Waals surface area contributed by atoms with Gasteiger partial charge in [-0.1, -0.05) is 0 Å². The first-order valence-corrected chi connectivity index (χ1v) is 6.07. The molecule has 4 heteroatoms. The summed E-state index contributed by atoms with van der Waals surface area (Å²) in [7, 11) is 2.03. The number of hydrogen-bond donors (Lipinski definition) is 1. The molecule has 1 aromatic rings. The highest BCUT2D eigenvalue weighted by Gasteiger charge is 2.21. The molecule has 0 bridgehead atoms. The van der Waals surface area contributed by atoms with Crippen LogP contribution in [0.3, 0.4) is 0 Å². The molecular formula is C10H17N3S. The van der Waals surface area contributed by atoms with Crippen LogP contribution in [0.25, 0.3) is 0 Å².